The quantitative estimate of drug-likeness (QED) is 0.895. The van der Waals surface area contributed by atoms with Gasteiger partial charge in [-0.25, -0.2) is 13.1 Å². The van der Waals surface area contributed by atoms with Gasteiger partial charge in [0.15, 0.2) is 0 Å². The SMILES string of the molecule is Cc1cc(C)c(S(=O)(=O)N[C@H]2CCCNC2)s1.Cl. The Bertz CT molecular complexity index is 493. The fourth-order valence-electron chi connectivity index (χ4n) is 2.11. The van der Waals surface area contributed by atoms with E-state index >= 15 is 0 Å². The van der Waals surface area contributed by atoms with Crippen LogP contribution in [0.1, 0.15) is 23.3 Å². The number of aryl methyl sites for hydroxylation is 2. The lowest BCUT2D eigenvalue weighted by Gasteiger charge is -2.23. The Morgan fingerprint density at radius 3 is 2.67 bits per heavy atom. The second-order valence-electron chi connectivity index (χ2n) is 4.49. The highest BCUT2D eigenvalue weighted by molar-refractivity contribution is 7.91. The molecule has 1 aromatic heterocycles. The number of piperidine rings is 1. The molecule has 0 spiro atoms. The van der Waals surface area contributed by atoms with Gasteiger partial charge in [0.05, 0.1) is 0 Å². The number of thiophene rings is 1. The molecule has 1 saturated heterocycles. The summed E-state index contributed by atoms with van der Waals surface area (Å²) in [5, 5.41) is 3.21. The summed E-state index contributed by atoms with van der Waals surface area (Å²) in [6.07, 6.45) is 1.94. The van der Waals surface area contributed by atoms with E-state index in [1.54, 1.807) is 0 Å². The lowest BCUT2D eigenvalue weighted by atomic mass is 10.1. The molecule has 1 atom stereocenters. The number of sulfonamides is 1. The predicted molar refractivity (Wildman–Crippen MR) is 77.3 cm³/mol. The molecule has 1 aliphatic rings. The van der Waals surface area contributed by atoms with E-state index in [1.165, 1.54) is 11.3 Å². The highest BCUT2D eigenvalue weighted by Crippen LogP contribution is 2.26. The molecule has 0 saturated carbocycles. The van der Waals surface area contributed by atoms with Crippen LogP contribution in [0.3, 0.4) is 0 Å². The Hall–Kier alpha value is -0.140. The summed E-state index contributed by atoms with van der Waals surface area (Å²) < 4.78 is 27.7. The van der Waals surface area contributed by atoms with Gasteiger partial charge in [0.2, 0.25) is 0 Å². The minimum atomic E-state index is -3.34. The summed E-state index contributed by atoms with van der Waals surface area (Å²) in [4.78, 5) is 1.03. The fraction of sp³-hybridized carbons (Fsp3) is 0.636. The molecule has 1 aliphatic heterocycles. The highest BCUT2D eigenvalue weighted by atomic mass is 35.5. The number of hydrogen-bond donors (Lipinski definition) is 2. The predicted octanol–water partition coefficient (Wildman–Crippen LogP) is 1.82. The molecule has 2 heterocycles. The molecule has 4 nitrogen and oxygen atoms in total. The van der Waals surface area contributed by atoms with E-state index in [0.29, 0.717) is 4.21 Å². The molecule has 0 bridgehead atoms. The van der Waals surface area contributed by atoms with Gasteiger partial charge < -0.3 is 5.32 Å². The van der Waals surface area contributed by atoms with Crippen molar-refractivity contribution in [1.29, 1.82) is 0 Å². The van der Waals surface area contributed by atoms with Crippen molar-refractivity contribution in [2.24, 2.45) is 0 Å². The van der Waals surface area contributed by atoms with Crippen molar-refractivity contribution >= 4 is 33.8 Å². The monoisotopic (exact) mass is 310 g/mol. The van der Waals surface area contributed by atoms with Crippen molar-refractivity contribution in [2.45, 2.75) is 36.9 Å². The van der Waals surface area contributed by atoms with Crippen molar-refractivity contribution in [3.05, 3.63) is 16.5 Å². The van der Waals surface area contributed by atoms with E-state index in [0.717, 1.165) is 36.4 Å². The number of rotatable bonds is 3. The molecule has 2 N–H and O–H groups in total. The minimum Gasteiger partial charge on any atom is -0.315 e. The maximum Gasteiger partial charge on any atom is 0.250 e. The molecule has 0 unspecified atom stereocenters. The van der Waals surface area contributed by atoms with Gasteiger partial charge in [-0.05, 0) is 44.9 Å². The van der Waals surface area contributed by atoms with E-state index < -0.39 is 10.0 Å². The summed E-state index contributed by atoms with van der Waals surface area (Å²) in [5.74, 6) is 0. The van der Waals surface area contributed by atoms with Crippen LogP contribution in [0.25, 0.3) is 0 Å². The van der Waals surface area contributed by atoms with Crippen molar-refractivity contribution < 1.29 is 8.42 Å². The molecule has 2 rings (SSSR count). The summed E-state index contributed by atoms with van der Waals surface area (Å²) in [7, 11) is -3.34. The van der Waals surface area contributed by atoms with Gasteiger partial charge in [-0.15, -0.1) is 23.7 Å². The second-order valence-corrected chi connectivity index (χ2v) is 7.66. The summed E-state index contributed by atoms with van der Waals surface area (Å²) in [5.41, 5.74) is 0.837. The smallest absolute Gasteiger partial charge is 0.250 e. The zero-order chi connectivity index (χ0) is 12.5. The summed E-state index contributed by atoms with van der Waals surface area (Å²) >= 11 is 1.34. The van der Waals surface area contributed by atoms with Crippen LogP contribution in [0.4, 0.5) is 0 Å². The minimum absolute atomic E-state index is 0. The Labute approximate surface area is 119 Å². The number of hydrogen-bond acceptors (Lipinski definition) is 4. The third-order valence-electron chi connectivity index (χ3n) is 2.86. The van der Waals surface area contributed by atoms with Crippen LogP contribution in [0.2, 0.25) is 0 Å². The van der Waals surface area contributed by atoms with Gasteiger partial charge in [0, 0.05) is 17.5 Å². The van der Waals surface area contributed by atoms with Crippen molar-refractivity contribution in [2.75, 3.05) is 13.1 Å². The molecule has 104 valence electrons. The zero-order valence-corrected chi connectivity index (χ0v) is 13.0. The maximum absolute atomic E-state index is 12.2. The Balaban J connectivity index is 0.00000162. The molecule has 1 aromatic rings. The third kappa shape index (κ3) is 3.68. The van der Waals surface area contributed by atoms with Crippen molar-refractivity contribution in [3.63, 3.8) is 0 Å². The topological polar surface area (TPSA) is 58.2 Å². The van der Waals surface area contributed by atoms with Crippen LogP contribution in [0.15, 0.2) is 10.3 Å². The molecule has 0 aliphatic carbocycles. The lowest BCUT2D eigenvalue weighted by Crippen LogP contribution is -2.45. The Morgan fingerprint density at radius 2 is 2.17 bits per heavy atom. The van der Waals surface area contributed by atoms with E-state index in [4.69, 9.17) is 0 Å². The molecule has 0 amide bonds. The number of halogens is 1. The maximum atomic E-state index is 12.2. The highest BCUT2D eigenvalue weighted by Gasteiger charge is 2.24. The first kappa shape index (κ1) is 15.9. The summed E-state index contributed by atoms with van der Waals surface area (Å²) in [6.45, 7) is 5.48. The van der Waals surface area contributed by atoms with Crippen molar-refractivity contribution in [1.82, 2.24) is 10.0 Å². The molecule has 7 heteroatoms. The Morgan fingerprint density at radius 1 is 1.44 bits per heavy atom. The van der Waals surface area contributed by atoms with E-state index in [9.17, 15) is 8.42 Å². The molecular weight excluding hydrogens is 292 g/mol. The molecule has 0 aromatic carbocycles. The first-order valence-electron chi connectivity index (χ1n) is 5.79. The zero-order valence-electron chi connectivity index (χ0n) is 10.5. The van der Waals surface area contributed by atoms with Gasteiger partial charge in [0.1, 0.15) is 4.21 Å². The van der Waals surface area contributed by atoms with Crippen LogP contribution in [-0.4, -0.2) is 27.5 Å². The fourth-order valence-corrected chi connectivity index (χ4v) is 5.07. The first-order valence-corrected chi connectivity index (χ1v) is 8.09. The average Bonchev–Trinajstić information content (AvgIpc) is 2.59. The molecule has 0 radical (unpaired) electrons. The normalized spacial score (nSPS) is 20.4. The average molecular weight is 311 g/mol. The van der Waals surface area contributed by atoms with E-state index in [1.807, 2.05) is 19.9 Å². The number of nitrogens with one attached hydrogen (secondary N) is 2. The Kier molecular flexibility index (Phi) is 5.61. The standard InChI is InChI=1S/C11H18N2O2S2.ClH/c1-8-6-9(2)16-11(8)17(14,15)13-10-4-3-5-12-7-10;/h6,10,12-13H,3-5,7H2,1-2H3;1H/t10-;/m0./s1. The first-order chi connectivity index (χ1) is 7.99. The van der Waals surface area contributed by atoms with Gasteiger partial charge >= 0.3 is 0 Å². The van der Waals surface area contributed by atoms with Crippen LogP contribution in [-0.2, 0) is 10.0 Å². The van der Waals surface area contributed by atoms with Crippen LogP contribution in [0.5, 0.6) is 0 Å². The summed E-state index contributed by atoms with van der Waals surface area (Å²) in [6, 6.07) is 1.94. The molecule has 18 heavy (non-hydrogen) atoms. The largest absolute Gasteiger partial charge is 0.315 e. The van der Waals surface area contributed by atoms with Gasteiger partial charge in [0.25, 0.3) is 10.0 Å². The van der Waals surface area contributed by atoms with E-state index in [-0.39, 0.29) is 18.4 Å². The second kappa shape index (κ2) is 6.34. The van der Waals surface area contributed by atoms with Gasteiger partial charge in [-0.3, -0.25) is 0 Å². The third-order valence-corrected chi connectivity index (χ3v) is 6.17. The lowest BCUT2D eigenvalue weighted by molar-refractivity contribution is 0.429. The van der Waals surface area contributed by atoms with Gasteiger partial charge in [-0.2, -0.15) is 0 Å². The van der Waals surface area contributed by atoms with Crippen LogP contribution >= 0.6 is 23.7 Å². The van der Waals surface area contributed by atoms with Crippen molar-refractivity contribution in [3.8, 4) is 0 Å². The molecule has 1 fully saturated rings. The van der Waals surface area contributed by atoms with Crippen LogP contribution < -0.4 is 10.0 Å². The van der Waals surface area contributed by atoms with E-state index in [2.05, 4.69) is 10.0 Å². The molecular formula is C11H19ClN2O2S2. The van der Waals surface area contributed by atoms with Gasteiger partial charge in [-0.1, -0.05) is 0 Å². The van der Waals surface area contributed by atoms with Crippen LogP contribution in [0, 0.1) is 13.8 Å².